The van der Waals surface area contributed by atoms with Crippen LogP contribution in [0.2, 0.25) is 10.0 Å². The zero-order valence-corrected chi connectivity index (χ0v) is 18.1. The quantitative estimate of drug-likeness (QED) is 0.315. The summed E-state index contributed by atoms with van der Waals surface area (Å²) in [6.45, 7) is 0.566. The van der Waals surface area contributed by atoms with Crippen LogP contribution < -0.4 is 5.73 Å². The lowest BCUT2D eigenvalue weighted by atomic mass is 10.0. The van der Waals surface area contributed by atoms with Crippen molar-refractivity contribution in [2.24, 2.45) is 5.73 Å². The molecule has 0 saturated carbocycles. The highest BCUT2D eigenvalue weighted by molar-refractivity contribution is 7.13. The molecule has 30 heavy (non-hydrogen) atoms. The summed E-state index contributed by atoms with van der Waals surface area (Å²) in [6, 6.07) is 21.7. The predicted octanol–water partition coefficient (Wildman–Crippen LogP) is 6.98. The van der Waals surface area contributed by atoms with E-state index in [1.54, 1.807) is 23.5 Å². The molecule has 2 aromatic heterocycles. The molecule has 5 rings (SSSR count). The number of amides is 1. The van der Waals surface area contributed by atoms with Gasteiger partial charge in [0.05, 0.1) is 11.0 Å². The number of hydrogen-bond acceptors (Lipinski definition) is 2. The highest BCUT2D eigenvalue weighted by Crippen LogP contribution is 2.36. The molecule has 3 aromatic carbocycles. The van der Waals surface area contributed by atoms with E-state index in [1.807, 2.05) is 30.3 Å². The highest BCUT2D eigenvalue weighted by atomic mass is 35.5. The molecule has 2 N–H and O–H groups in total. The van der Waals surface area contributed by atoms with E-state index in [2.05, 4.69) is 34.2 Å². The van der Waals surface area contributed by atoms with E-state index in [0.717, 1.165) is 32.9 Å². The maximum atomic E-state index is 12.1. The molecular weight excluding hydrogens is 435 g/mol. The van der Waals surface area contributed by atoms with Gasteiger partial charge in [0.15, 0.2) is 0 Å². The van der Waals surface area contributed by atoms with Crippen molar-refractivity contribution in [3.63, 3.8) is 0 Å². The molecule has 6 heteroatoms. The van der Waals surface area contributed by atoms with Crippen LogP contribution in [-0.4, -0.2) is 10.5 Å². The largest absolute Gasteiger partial charge is 0.366 e. The Morgan fingerprint density at radius 1 is 0.933 bits per heavy atom. The number of hydrogen-bond donors (Lipinski definition) is 1. The fourth-order valence-corrected chi connectivity index (χ4v) is 5.30. The van der Waals surface area contributed by atoms with E-state index >= 15 is 0 Å². The summed E-state index contributed by atoms with van der Waals surface area (Å²) >= 11 is 14.2. The average Bonchev–Trinajstić information content (AvgIpc) is 3.34. The zero-order chi connectivity index (χ0) is 20.8. The Kier molecular flexibility index (Phi) is 4.78. The summed E-state index contributed by atoms with van der Waals surface area (Å²) < 4.78 is 2.19. The number of fused-ring (bicyclic) bond motifs is 3. The van der Waals surface area contributed by atoms with Gasteiger partial charge < -0.3 is 10.3 Å². The molecule has 5 aromatic rings. The van der Waals surface area contributed by atoms with Crippen molar-refractivity contribution in [1.29, 1.82) is 0 Å². The molecule has 0 bridgehead atoms. The third-order valence-corrected chi connectivity index (χ3v) is 6.58. The first kappa shape index (κ1) is 19.2. The first-order valence-electron chi connectivity index (χ1n) is 9.35. The molecule has 0 radical (unpaired) electrons. The molecule has 0 aliphatic rings. The van der Waals surface area contributed by atoms with Crippen LogP contribution in [0.3, 0.4) is 0 Å². The average molecular weight is 451 g/mol. The number of thiophene rings is 1. The van der Waals surface area contributed by atoms with E-state index in [1.165, 1.54) is 4.88 Å². The molecule has 0 saturated heterocycles. The van der Waals surface area contributed by atoms with Crippen LogP contribution in [0.25, 0.3) is 32.2 Å². The number of nitrogens with zero attached hydrogens (tertiary/aromatic N) is 1. The number of rotatable bonds is 4. The van der Waals surface area contributed by atoms with Crippen LogP contribution in [0.5, 0.6) is 0 Å². The van der Waals surface area contributed by atoms with Crippen molar-refractivity contribution >= 4 is 62.3 Å². The number of carbonyl (C=O) groups is 1. The maximum Gasteiger partial charge on any atom is 0.249 e. The minimum Gasteiger partial charge on any atom is -0.366 e. The molecule has 0 unspecified atom stereocenters. The SMILES string of the molecule is NC(=O)c1cccc2c1c1ccc(-c3cccs3)cc1n2Cc1cc(Cl)cc(Cl)c1. The Bertz CT molecular complexity index is 1400. The molecule has 3 nitrogen and oxygen atoms in total. The van der Waals surface area contributed by atoms with E-state index in [4.69, 9.17) is 28.9 Å². The van der Waals surface area contributed by atoms with Gasteiger partial charge in [0.2, 0.25) is 5.91 Å². The highest BCUT2D eigenvalue weighted by Gasteiger charge is 2.17. The lowest BCUT2D eigenvalue weighted by Crippen LogP contribution is -2.11. The Hall–Kier alpha value is -2.79. The molecular formula is C24H16Cl2N2OS. The van der Waals surface area contributed by atoms with Crippen molar-refractivity contribution < 1.29 is 4.79 Å². The first-order valence-corrected chi connectivity index (χ1v) is 11.0. The van der Waals surface area contributed by atoms with Crippen LogP contribution in [0.15, 0.2) is 72.1 Å². The minimum atomic E-state index is -0.437. The van der Waals surface area contributed by atoms with Gasteiger partial charge in [-0.25, -0.2) is 0 Å². The van der Waals surface area contributed by atoms with Crippen LogP contribution in [0.1, 0.15) is 15.9 Å². The van der Waals surface area contributed by atoms with Crippen LogP contribution in [0.4, 0.5) is 0 Å². The molecule has 0 aliphatic carbocycles. The second-order valence-electron chi connectivity index (χ2n) is 7.14. The summed E-state index contributed by atoms with van der Waals surface area (Å²) in [7, 11) is 0. The van der Waals surface area contributed by atoms with Crippen molar-refractivity contribution in [2.75, 3.05) is 0 Å². The topological polar surface area (TPSA) is 48.0 Å². The number of aromatic nitrogens is 1. The van der Waals surface area contributed by atoms with E-state index < -0.39 is 5.91 Å². The lowest BCUT2D eigenvalue weighted by molar-refractivity contribution is 0.100. The molecule has 148 valence electrons. The van der Waals surface area contributed by atoms with Gasteiger partial charge in [-0.2, -0.15) is 0 Å². The summed E-state index contributed by atoms with van der Waals surface area (Å²) in [5.74, 6) is -0.437. The van der Waals surface area contributed by atoms with Gasteiger partial charge in [-0.05, 0) is 59.0 Å². The Morgan fingerprint density at radius 2 is 1.73 bits per heavy atom. The standard InChI is InChI=1S/C24H16Cl2N2OS/c25-16-9-14(10-17(26)12-16)13-28-20-4-1-3-19(24(27)29)23(20)18-7-6-15(11-21(18)28)22-5-2-8-30-22/h1-12H,13H2,(H2,27,29). The fraction of sp³-hybridized carbons (Fsp3) is 0.0417. The number of benzene rings is 3. The summed E-state index contributed by atoms with van der Waals surface area (Å²) in [6.07, 6.45) is 0. The van der Waals surface area contributed by atoms with Crippen molar-refractivity contribution in [3.05, 3.63) is 93.3 Å². The van der Waals surface area contributed by atoms with Gasteiger partial charge in [0.1, 0.15) is 0 Å². The minimum absolute atomic E-state index is 0.437. The Balaban J connectivity index is 1.82. The Labute approximate surface area is 187 Å². The first-order chi connectivity index (χ1) is 14.5. The van der Waals surface area contributed by atoms with Crippen LogP contribution in [-0.2, 0) is 6.54 Å². The molecule has 0 spiro atoms. The number of halogens is 2. The Morgan fingerprint density at radius 3 is 2.43 bits per heavy atom. The fourth-order valence-electron chi connectivity index (χ4n) is 4.00. The number of carbonyl (C=O) groups excluding carboxylic acids is 1. The summed E-state index contributed by atoms with van der Waals surface area (Å²) in [4.78, 5) is 13.3. The lowest BCUT2D eigenvalue weighted by Gasteiger charge is -2.10. The third-order valence-electron chi connectivity index (χ3n) is 5.23. The van der Waals surface area contributed by atoms with Gasteiger partial charge in [-0.3, -0.25) is 4.79 Å². The predicted molar refractivity (Wildman–Crippen MR) is 127 cm³/mol. The zero-order valence-electron chi connectivity index (χ0n) is 15.7. The van der Waals surface area contributed by atoms with E-state index in [-0.39, 0.29) is 0 Å². The number of nitrogens with two attached hydrogens (primary N) is 1. The summed E-state index contributed by atoms with van der Waals surface area (Å²) in [5.41, 5.74) is 10.3. The van der Waals surface area contributed by atoms with Gasteiger partial charge >= 0.3 is 0 Å². The van der Waals surface area contributed by atoms with Gasteiger partial charge in [0.25, 0.3) is 0 Å². The molecule has 0 aliphatic heterocycles. The second kappa shape index (κ2) is 7.47. The molecule has 1 amide bonds. The van der Waals surface area contributed by atoms with Crippen molar-refractivity contribution in [3.8, 4) is 10.4 Å². The van der Waals surface area contributed by atoms with Crippen LogP contribution in [0, 0.1) is 0 Å². The van der Waals surface area contributed by atoms with E-state index in [9.17, 15) is 4.79 Å². The van der Waals surface area contributed by atoms with E-state index in [0.29, 0.717) is 22.2 Å². The monoisotopic (exact) mass is 450 g/mol. The molecule has 0 atom stereocenters. The summed E-state index contributed by atoms with van der Waals surface area (Å²) in [5, 5.41) is 5.11. The van der Waals surface area contributed by atoms with Gasteiger partial charge in [0, 0.05) is 37.8 Å². The maximum absolute atomic E-state index is 12.1. The normalized spacial score (nSPS) is 11.4. The molecule has 2 heterocycles. The second-order valence-corrected chi connectivity index (χ2v) is 8.96. The smallest absolute Gasteiger partial charge is 0.249 e. The third kappa shape index (κ3) is 3.27. The van der Waals surface area contributed by atoms with Gasteiger partial charge in [-0.1, -0.05) is 47.5 Å². The van der Waals surface area contributed by atoms with Gasteiger partial charge in [-0.15, -0.1) is 11.3 Å². The van der Waals surface area contributed by atoms with Crippen molar-refractivity contribution in [2.45, 2.75) is 6.54 Å². The van der Waals surface area contributed by atoms with Crippen molar-refractivity contribution in [1.82, 2.24) is 4.57 Å². The molecule has 0 fully saturated rings. The number of primary amides is 1. The van der Waals surface area contributed by atoms with Crippen LogP contribution >= 0.6 is 34.5 Å².